The van der Waals surface area contributed by atoms with Gasteiger partial charge in [-0.2, -0.15) is 0 Å². The summed E-state index contributed by atoms with van der Waals surface area (Å²) < 4.78 is 22.4. The lowest BCUT2D eigenvalue weighted by Gasteiger charge is -2.39. The number of aliphatic hydroxyl groups excluding tert-OH is 3. The van der Waals surface area contributed by atoms with Gasteiger partial charge in [-0.3, -0.25) is 4.90 Å². The van der Waals surface area contributed by atoms with Crippen molar-refractivity contribution in [1.29, 1.82) is 0 Å². The second-order valence-corrected chi connectivity index (χ2v) is 8.45. The van der Waals surface area contributed by atoms with Gasteiger partial charge in [0, 0.05) is 13.0 Å². The van der Waals surface area contributed by atoms with Crippen LogP contribution in [0.5, 0.6) is 0 Å². The summed E-state index contributed by atoms with van der Waals surface area (Å²) in [7, 11) is 1.43. The highest BCUT2D eigenvalue weighted by atomic mass is 16.7. The highest BCUT2D eigenvalue weighted by molar-refractivity contribution is 5.79. The Balaban J connectivity index is 1.34. The highest BCUT2D eigenvalue weighted by Gasteiger charge is 2.55. The molecule has 9 nitrogen and oxygen atoms in total. The Bertz CT molecular complexity index is 970. The van der Waals surface area contributed by atoms with E-state index in [1.165, 1.54) is 12.0 Å². The van der Waals surface area contributed by atoms with Gasteiger partial charge < -0.3 is 34.3 Å². The van der Waals surface area contributed by atoms with Crippen LogP contribution in [0.2, 0.25) is 0 Å². The lowest BCUT2D eigenvalue weighted by atomic mass is 9.98. The maximum Gasteiger partial charge on any atom is 0.412 e. The number of carbonyl (C=O) groups excluding carboxylic acids is 1. The number of morpholine rings is 1. The van der Waals surface area contributed by atoms with Crippen LogP contribution in [0.25, 0.3) is 11.1 Å². The van der Waals surface area contributed by atoms with Crippen molar-refractivity contribution in [2.45, 2.75) is 42.9 Å². The number of nitrogens with zero attached hydrogens (tertiary/aromatic N) is 1. The molecule has 0 unspecified atom stereocenters. The Labute approximate surface area is 191 Å². The normalized spacial score (nSPS) is 29.3. The van der Waals surface area contributed by atoms with Crippen LogP contribution < -0.4 is 0 Å². The van der Waals surface area contributed by atoms with E-state index < -0.39 is 49.6 Å². The van der Waals surface area contributed by atoms with Gasteiger partial charge in [0.2, 0.25) is 0 Å². The molecule has 1 amide bonds. The van der Waals surface area contributed by atoms with Crippen molar-refractivity contribution >= 4 is 6.09 Å². The molecule has 2 aliphatic heterocycles. The van der Waals surface area contributed by atoms with E-state index in [0.717, 1.165) is 22.3 Å². The van der Waals surface area contributed by atoms with Gasteiger partial charge >= 0.3 is 6.09 Å². The van der Waals surface area contributed by atoms with E-state index in [1.807, 2.05) is 36.4 Å². The van der Waals surface area contributed by atoms with Crippen LogP contribution in [-0.2, 0) is 18.9 Å². The molecule has 0 radical (unpaired) electrons. The fourth-order valence-corrected chi connectivity index (χ4v) is 4.96. The van der Waals surface area contributed by atoms with E-state index >= 15 is 0 Å². The van der Waals surface area contributed by atoms with E-state index in [9.17, 15) is 20.1 Å². The number of hydrogen-bond acceptors (Lipinski definition) is 8. The zero-order valence-electron chi connectivity index (χ0n) is 18.1. The number of amides is 1. The molecule has 0 spiro atoms. The lowest BCUT2D eigenvalue weighted by molar-refractivity contribution is -0.242. The first-order valence-electron chi connectivity index (χ1n) is 11.0. The number of rotatable bonds is 5. The quantitative estimate of drug-likeness (QED) is 0.610. The molecule has 6 atom stereocenters. The largest absolute Gasteiger partial charge is 0.448 e. The topological polar surface area (TPSA) is 118 Å². The van der Waals surface area contributed by atoms with Crippen LogP contribution >= 0.6 is 0 Å². The maximum absolute atomic E-state index is 13.2. The number of methoxy groups -OCH3 is 1. The van der Waals surface area contributed by atoms with Crippen LogP contribution in [0.3, 0.4) is 0 Å². The van der Waals surface area contributed by atoms with Crippen molar-refractivity contribution < 1.29 is 39.1 Å². The third-order valence-corrected chi connectivity index (χ3v) is 6.61. The van der Waals surface area contributed by atoms with E-state index in [0.29, 0.717) is 0 Å². The van der Waals surface area contributed by atoms with Crippen molar-refractivity contribution in [3.63, 3.8) is 0 Å². The molecule has 0 aromatic heterocycles. The third kappa shape index (κ3) is 3.80. The average molecular weight is 457 g/mol. The third-order valence-electron chi connectivity index (χ3n) is 6.61. The molecule has 3 N–H and O–H groups in total. The number of hydrogen-bond donors (Lipinski definition) is 3. The van der Waals surface area contributed by atoms with E-state index in [-0.39, 0.29) is 19.1 Å². The number of ether oxygens (including phenoxy) is 4. The number of benzene rings is 2. The molecule has 2 saturated heterocycles. The van der Waals surface area contributed by atoms with Gasteiger partial charge in [-0.15, -0.1) is 0 Å². The Hall–Kier alpha value is -2.53. The summed E-state index contributed by atoms with van der Waals surface area (Å²) in [5.74, 6) is -0.101. The Morgan fingerprint density at radius 3 is 2.36 bits per heavy atom. The van der Waals surface area contributed by atoms with Crippen molar-refractivity contribution in [2.24, 2.45) is 0 Å². The molecule has 2 aromatic rings. The molecule has 0 saturated carbocycles. The summed E-state index contributed by atoms with van der Waals surface area (Å²) in [5.41, 5.74) is 4.45. The molecule has 2 aromatic carbocycles. The molecule has 2 fully saturated rings. The molecule has 9 heteroatoms. The number of carbonyl (C=O) groups is 1. The van der Waals surface area contributed by atoms with Crippen LogP contribution in [0.1, 0.15) is 17.0 Å². The van der Waals surface area contributed by atoms with Gasteiger partial charge in [-0.25, -0.2) is 4.79 Å². The van der Waals surface area contributed by atoms with Gasteiger partial charge in [0.15, 0.2) is 12.5 Å². The second-order valence-electron chi connectivity index (χ2n) is 8.45. The fourth-order valence-electron chi connectivity index (χ4n) is 4.96. The van der Waals surface area contributed by atoms with Crippen molar-refractivity contribution in [2.75, 3.05) is 26.9 Å². The number of aliphatic hydroxyl groups is 3. The summed E-state index contributed by atoms with van der Waals surface area (Å²) in [5, 5.41) is 29.8. The maximum atomic E-state index is 13.2. The van der Waals surface area contributed by atoms with Crippen LogP contribution in [0.15, 0.2) is 48.5 Å². The molecule has 1 aliphatic carbocycles. The minimum Gasteiger partial charge on any atom is -0.448 e. The van der Waals surface area contributed by atoms with Gasteiger partial charge in [-0.1, -0.05) is 48.5 Å². The Kier molecular flexibility index (Phi) is 6.09. The Morgan fingerprint density at radius 2 is 1.76 bits per heavy atom. The fraction of sp³-hybridized carbons (Fsp3) is 0.458. The monoisotopic (exact) mass is 457 g/mol. The lowest BCUT2D eigenvalue weighted by Crippen LogP contribution is -2.58. The SMILES string of the molecule is CO[C@H]1CN(C(=O)OCC2c3ccccc3-c3ccccc32)[C@@H]2O[C@H]([C@H](O)CO)[C@H](O)[C@@H]2O1. The van der Waals surface area contributed by atoms with Crippen LogP contribution in [0, 0.1) is 0 Å². The summed E-state index contributed by atoms with van der Waals surface area (Å²) in [6.45, 7) is -0.437. The second kappa shape index (κ2) is 9.02. The molecule has 3 aliphatic rings. The molecule has 2 heterocycles. The van der Waals surface area contributed by atoms with E-state index in [1.54, 1.807) is 0 Å². The summed E-state index contributed by atoms with van der Waals surface area (Å²) in [4.78, 5) is 14.5. The summed E-state index contributed by atoms with van der Waals surface area (Å²) >= 11 is 0. The van der Waals surface area contributed by atoms with E-state index in [2.05, 4.69) is 12.1 Å². The smallest absolute Gasteiger partial charge is 0.412 e. The van der Waals surface area contributed by atoms with Gasteiger partial charge in [0.05, 0.1) is 13.2 Å². The molecular formula is C24H27NO8. The summed E-state index contributed by atoms with van der Waals surface area (Å²) in [6, 6.07) is 16.1. The molecule has 33 heavy (non-hydrogen) atoms. The van der Waals surface area contributed by atoms with Gasteiger partial charge in [0.25, 0.3) is 0 Å². The first-order valence-corrected chi connectivity index (χ1v) is 11.0. The van der Waals surface area contributed by atoms with E-state index in [4.69, 9.17) is 18.9 Å². The standard InChI is InChI=1S/C24H27NO8/c1-30-19-10-25(23-22(32-19)20(28)21(33-23)18(27)11-26)24(29)31-12-17-15-8-4-2-6-13(15)14-7-3-5-9-16(14)17/h2-9,17-23,26-28H,10-12H2,1H3/t18-,19-,20+,21-,22+,23-/m1/s1. The zero-order valence-corrected chi connectivity index (χ0v) is 18.1. The van der Waals surface area contributed by atoms with Crippen molar-refractivity contribution in [1.82, 2.24) is 4.90 Å². The Morgan fingerprint density at radius 1 is 1.12 bits per heavy atom. The van der Waals surface area contributed by atoms with Gasteiger partial charge in [0.1, 0.15) is 31.0 Å². The molecular weight excluding hydrogens is 430 g/mol. The average Bonchev–Trinajstić information content (AvgIpc) is 3.36. The van der Waals surface area contributed by atoms with Crippen LogP contribution in [0.4, 0.5) is 4.79 Å². The first-order chi connectivity index (χ1) is 16.0. The van der Waals surface area contributed by atoms with Gasteiger partial charge in [-0.05, 0) is 22.3 Å². The minimum atomic E-state index is -1.32. The van der Waals surface area contributed by atoms with Crippen molar-refractivity contribution in [3.8, 4) is 11.1 Å². The highest BCUT2D eigenvalue weighted by Crippen LogP contribution is 2.44. The van der Waals surface area contributed by atoms with Crippen molar-refractivity contribution in [3.05, 3.63) is 59.7 Å². The molecule has 0 bridgehead atoms. The molecule has 5 rings (SSSR count). The minimum absolute atomic E-state index is 0.0308. The summed E-state index contributed by atoms with van der Waals surface area (Å²) in [6.07, 6.45) is -7.04. The molecule has 176 valence electrons. The van der Waals surface area contributed by atoms with Crippen LogP contribution in [-0.4, -0.2) is 90.1 Å². The predicted octanol–water partition coefficient (Wildman–Crippen LogP) is 1.05. The first kappa shape index (κ1) is 22.3. The zero-order chi connectivity index (χ0) is 23.1. The predicted molar refractivity (Wildman–Crippen MR) is 115 cm³/mol. The number of fused-ring (bicyclic) bond motifs is 4.